The van der Waals surface area contributed by atoms with Gasteiger partial charge in [-0.3, -0.25) is 9.69 Å². The van der Waals surface area contributed by atoms with Gasteiger partial charge in [0.15, 0.2) is 0 Å². The van der Waals surface area contributed by atoms with Gasteiger partial charge in [-0.2, -0.15) is 0 Å². The minimum Gasteiger partial charge on any atom is -0.299 e. The SMILES string of the molecule is CC(=O)CN1CCCCCC1. The van der Waals surface area contributed by atoms with Crippen LogP contribution in [0.2, 0.25) is 0 Å². The Morgan fingerprint density at radius 1 is 1.18 bits per heavy atom. The lowest BCUT2D eigenvalue weighted by Gasteiger charge is -2.17. The fourth-order valence-electron chi connectivity index (χ4n) is 1.61. The minimum absolute atomic E-state index is 0.298. The van der Waals surface area contributed by atoms with E-state index < -0.39 is 0 Å². The van der Waals surface area contributed by atoms with Crippen molar-refractivity contribution in [3.63, 3.8) is 0 Å². The molecule has 0 atom stereocenters. The molecule has 0 aliphatic carbocycles. The summed E-state index contributed by atoms with van der Waals surface area (Å²) in [7, 11) is 0. The highest BCUT2D eigenvalue weighted by Gasteiger charge is 2.09. The second-order valence-electron chi connectivity index (χ2n) is 3.39. The maximum Gasteiger partial charge on any atom is 0.143 e. The third kappa shape index (κ3) is 3.51. The molecule has 64 valence electrons. The third-order valence-corrected chi connectivity index (χ3v) is 2.14. The molecule has 0 unspecified atom stereocenters. The molecule has 1 aliphatic heterocycles. The lowest BCUT2D eigenvalue weighted by atomic mass is 10.2. The molecule has 0 saturated carbocycles. The zero-order valence-corrected chi connectivity index (χ0v) is 7.31. The van der Waals surface area contributed by atoms with E-state index in [1.807, 2.05) is 0 Å². The van der Waals surface area contributed by atoms with Crippen LogP contribution in [0.25, 0.3) is 0 Å². The van der Waals surface area contributed by atoms with Crippen LogP contribution in [0.4, 0.5) is 0 Å². The van der Waals surface area contributed by atoms with E-state index >= 15 is 0 Å². The molecular formula is C9H17NO. The van der Waals surface area contributed by atoms with Crippen molar-refractivity contribution in [1.82, 2.24) is 4.90 Å². The van der Waals surface area contributed by atoms with Crippen LogP contribution in [0.1, 0.15) is 32.6 Å². The van der Waals surface area contributed by atoms with Crippen LogP contribution >= 0.6 is 0 Å². The van der Waals surface area contributed by atoms with E-state index in [0.29, 0.717) is 12.3 Å². The van der Waals surface area contributed by atoms with E-state index in [2.05, 4.69) is 4.90 Å². The second kappa shape index (κ2) is 4.50. The fourth-order valence-corrected chi connectivity index (χ4v) is 1.61. The maximum absolute atomic E-state index is 10.8. The van der Waals surface area contributed by atoms with Gasteiger partial charge in [0.1, 0.15) is 5.78 Å². The molecule has 0 aromatic carbocycles. The fraction of sp³-hybridized carbons (Fsp3) is 0.889. The molecule has 0 aromatic rings. The molecule has 0 N–H and O–H groups in total. The molecule has 0 bridgehead atoms. The van der Waals surface area contributed by atoms with E-state index in [1.54, 1.807) is 6.92 Å². The lowest BCUT2D eigenvalue weighted by molar-refractivity contribution is -0.118. The lowest BCUT2D eigenvalue weighted by Crippen LogP contribution is -2.29. The summed E-state index contributed by atoms with van der Waals surface area (Å²) in [5, 5.41) is 0. The Labute approximate surface area is 68.6 Å². The van der Waals surface area contributed by atoms with E-state index in [1.165, 1.54) is 25.7 Å². The highest BCUT2D eigenvalue weighted by molar-refractivity contribution is 5.77. The summed E-state index contributed by atoms with van der Waals surface area (Å²) in [5.41, 5.74) is 0. The molecule has 1 fully saturated rings. The first-order chi connectivity index (χ1) is 5.29. The highest BCUT2D eigenvalue weighted by atomic mass is 16.1. The number of ketones is 1. The number of hydrogen-bond acceptors (Lipinski definition) is 2. The number of Topliss-reactive ketones (excluding diaryl/α,β-unsaturated/α-hetero) is 1. The van der Waals surface area contributed by atoms with E-state index in [0.717, 1.165) is 13.1 Å². The number of carbonyl (C=O) groups is 1. The summed E-state index contributed by atoms with van der Waals surface area (Å²) in [6.07, 6.45) is 5.23. The summed E-state index contributed by atoms with van der Waals surface area (Å²) in [6, 6.07) is 0. The molecule has 1 saturated heterocycles. The molecule has 2 nitrogen and oxygen atoms in total. The van der Waals surface area contributed by atoms with Gasteiger partial charge in [0.2, 0.25) is 0 Å². The number of hydrogen-bond donors (Lipinski definition) is 0. The van der Waals surface area contributed by atoms with Gasteiger partial charge in [-0.15, -0.1) is 0 Å². The Hall–Kier alpha value is -0.370. The Morgan fingerprint density at radius 3 is 2.18 bits per heavy atom. The van der Waals surface area contributed by atoms with Crippen LogP contribution in [0, 0.1) is 0 Å². The summed E-state index contributed by atoms with van der Waals surface area (Å²) in [6.45, 7) is 4.59. The number of rotatable bonds is 2. The Morgan fingerprint density at radius 2 is 1.73 bits per heavy atom. The van der Waals surface area contributed by atoms with Crippen molar-refractivity contribution < 1.29 is 4.79 Å². The zero-order chi connectivity index (χ0) is 8.10. The average Bonchev–Trinajstić information content (AvgIpc) is 2.14. The Bertz CT molecular complexity index is 126. The summed E-state index contributed by atoms with van der Waals surface area (Å²) in [5.74, 6) is 0.298. The van der Waals surface area contributed by atoms with E-state index in [-0.39, 0.29) is 0 Å². The van der Waals surface area contributed by atoms with Gasteiger partial charge in [0.05, 0.1) is 6.54 Å². The molecule has 1 rings (SSSR count). The Balaban J connectivity index is 2.25. The van der Waals surface area contributed by atoms with Crippen LogP contribution in [0.15, 0.2) is 0 Å². The van der Waals surface area contributed by atoms with E-state index in [4.69, 9.17) is 0 Å². The molecular weight excluding hydrogens is 138 g/mol. The van der Waals surface area contributed by atoms with Crippen molar-refractivity contribution in [2.75, 3.05) is 19.6 Å². The first kappa shape index (κ1) is 8.72. The summed E-state index contributed by atoms with van der Waals surface area (Å²) >= 11 is 0. The number of nitrogens with zero attached hydrogens (tertiary/aromatic N) is 1. The molecule has 2 heteroatoms. The maximum atomic E-state index is 10.8. The van der Waals surface area contributed by atoms with Crippen LogP contribution in [-0.4, -0.2) is 30.3 Å². The molecule has 0 aromatic heterocycles. The first-order valence-corrected chi connectivity index (χ1v) is 4.51. The second-order valence-corrected chi connectivity index (χ2v) is 3.39. The van der Waals surface area contributed by atoms with Gasteiger partial charge in [-0.1, -0.05) is 12.8 Å². The summed E-state index contributed by atoms with van der Waals surface area (Å²) < 4.78 is 0. The van der Waals surface area contributed by atoms with E-state index in [9.17, 15) is 4.79 Å². The largest absolute Gasteiger partial charge is 0.299 e. The summed E-state index contributed by atoms with van der Waals surface area (Å²) in [4.78, 5) is 13.1. The van der Waals surface area contributed by atoms with Gasteiger partial charge >= 0.3 is 0 Å². The Kier molecular flexibility index (Phi) is 3.57. The molecule has 0 spiro atoms. The molecule has 1 aliphatic rings. The molecule has 1 heterocycles. The van der Waals surface area contributed by atoms with Crippen molar-refractivity contribution in [2.45, 2.75) is 32.6 Å². The van der Waals surface area contributed by atoms with Crippen molar-refractivity contribution in [2.24, 2.45) is 0 Å². The molecule has 0 amide bonds. The third-order valence-electron chi connectivity index (χ3n) is 2.14. The van der Waals surface area contributed by atoms with Gasteiger partial charge in [0, 0.05) is 0 Å². The van der Waals surface area contributed by atoms with Crippen LogP contribution in [-0.2, 0) is 4.79 Å². The average molecular weight is 155 g/mol. The molecule has 0 radical (unpaired) electrons. The van der Waals surface area contributed by atoms with Crippen LogP contribution in [0.5, 0.6) is 0 Å². The van der Waals surface area contributed by atoms with Gasteiger partial charge < -0.3 is 0 Å². The van der Waals surface area contributed by atoms with Crippen LogP contribution < -0.4 is 0 Å². The monoisotopic (exact) mass is 155 g/mol. The normalized spacial score (nSPS) is 21.2. The van der Waals surface area contributed by atoms with Crippen molar-refractivity contribution >= 4 is 5.78 Å². The van der Waals surface area contributed by atoms with Crippen molar-refractivity contribution in [3.8, 4) is 0 Å². The molecule has 11 heavy (non-hydrogen) atoms. The zero-order valence-electron chi connectivity index (χ0n) is 7.31. The minimum atomic E-state index is 0.298. The van der Waals surface area contributed by atoms with Gasteiger partial charge in [-0.05, 0) is 32.9 Å². The predicted octanol–water partition coefficient (Wildman–Crippen LogP) is 1.45. The van der Waals surface area contributed by atoms with Gasteiger partial charge in [-0.25, -0.2) is 0 Å². The van der Waals surface area contributed by atoms with Crippen LogP contribution in [0.3, 0.4) is 0 Å². The topological polar surface area (TPSA) is 20.3 Å². The first-order valence-electron chi connectivity index (χ1n) is 4.51. The predicted molar refractivity (Wildman–Crippen MR) is 45.6 cm³/mol. The van der Waals surface area contributed by atoms with Crippen molar-refractivity contribution in [1.29, 1.82) is 0 Å². The van der Waals surface area contributed by atoms with Gasteiger partial charge in [0.25, 0.3) is 0 Å². The quantitative estimate of drug-likeness (QED) is 0.601. The highest BCUT2D eigenvalue weighted by Crippen LogP contribution is 2.08. The smallest absolute Gasteiger partial charge is 0.143 e. The number of likely N-dealkylation sites (tertiary alicyclic amines) is 1. The standard InChI is InChI=1S/C9H17NO/c1-9(11)8-10-6-4-2-3-5-7-10/h2-8H2,1H3. The van der Waals surface area contributed by atoms with Crippen molar-refractivity contribution in [3.05, 3.63) is 0 Å². The number of carbonyl (C=O) groups excluding carboxylic acids is 1.